The molecule has 0 saturated carbocycles. The minimum absolute atomic E-state index is 0.120. The molecule has 0 bridgehead atoms. The van der Waals surface area contributed by atoms with Crippen LogP contribution < -0.4 is 5.56 Å². The first-order chi connectivity index (χ1) is 6.11. The second-order valence-electron chi connectivity index (χ2n) is 3.07. The van der Waals surface area contributed by atoms with Crippen LogP contribution in [0.2, 0.25) is 0 Å². The van der Waals surface area contributed by atoms with E-state index < -0.39 is 0 Å². The Bertz CT molecular complexity index is 366. The summed E-state index contributed by atoms with van der Waals surface area (Å²) in [4.78, 5) is 11.4. The lowest BCUT2D eigenvalue weighted by atomic mass is 10.1. The summed E-state index contributed by atoms with van der Waals surface area (Å²) in [5, 5.41) is 9.71. The Hall–Kier alpha value is -1.25. The van der Waals surface area contributed by atoms with E-state index in [0.29, 0.717) is 6.54 Å². The first-order valence-corrected chi connectivity index (χ1v) is 4.54. The molecule has 0 saturated heterocycles. The first-order valence-electron chi connectivity index (χ1n) is 4.54. The van der Waals surface area contributed by atoms with Gasteiger partial charge in [-0.15, -0.1) is 0 Å². The molecule has 1 rings (SSSR count). The molecule has 72 valence electrons. The fraction of sp³-hybridized carbons (Fsp3) is 0.500. The number of pyridine rings is 1. The summed E-state index contributed by atoms with van der Waals surface area (Å²) < 4.78 is 1.38. The summed E-state index contributed by atoms with van der Waals surface area (Å²) in [6.45, 7) is 6.17. The van der Waals surface area contributed by atoms with Gasteiger partial charge in [0.2, 0.25) is 0 Å². The van der Waals surface area contributed by atoms with Gasteiger partial charge >= 0.3 is 0 Å². The minimum atomic E-state index is -0.130. The van der Waals surface area contributed by atoms with E-state index >= 15 is 0 Å². The summed E-state index contributed by atoms with van der Waals surface area (Å²) in [6.07, 6.45) is 0.748. The number of aromatic nitrogens is 1. The molecule has 3 heteroatoms. The highest BCUT2D eigenvalue weighted by Gasteiger charge is 2.08. The smallest absolute Gasteiger partial charge is 0.253 e. The maximum Gasteiger partial charge on any atom is 0.253 e. The average molecular weight is 181 g/mol. The zero-order valence-electron chi connectivity index (χ0n) is 8.29. The lowest BCUT2D eigenvalue weighted by Gasteiger charge is -2.11. The minimum Gasteiger partial charge on any atom is -0.494 e. The van der Waals surface area contributed by atoms with Gasteiger partial charge in [0.05, 0.1) is 0 Å². The third kappa shape index (κ3) is 1.59. The van der Waals surface area contributed by atoms with Gasteiger partial charge in [-0.2, -0.15) is 0 Å². The molecule has 0 aliphatic heterocycles. The fourth-order valence-corrected chi connectivity index (χ4v) is 1.54. The summed E-state index contributed by atoms with van der Waals surface area (Å²) in [5.41, 5.74) is 1.60. The van der Waals surface area contributed by atoms with Gasteiger partial charge in [-0.25, -0.2) is 0 Å². The lowest BCUT2D eigenvalue weighted by molar-refractivity contribution is 0.404. The molecule has 0 aliphatic rings. The molecule has 1 aromatic rings. The van der Waals surface area contributed by atoms with Crippen molar-refractivity contribution in [2.75, 3.05) is 0 Å². The number of rotatable bonds is 2. The number of aryl methyl sites for hydroxylation is 1. The van der Waals surface area contributed by atoms with Crippen LogP contribution in [0.1, 0.15) is 25.0 Å². The van der Waals surface area contributed by atoms with Crippen LogP contribution in [0.5, 0.6) is 5.88 Å². The maximum atomic E-state index is 11.4. The number of hydrogen-bond donors (Lipinski definition) is 1. The topological polar surface area (TPSA) is 42.2 Å². The highest BCUT2D eigenvalue weighted by Crippen LogP contribution is 2.18. The highest BCUT2D eigenvalue weighted by atomic mass is 16.3. The Morgan fingerprint density at radius 1 is 1.46 bits per heavy atom. The highest BCUT2D eigenvalue weighted by molar-refractivity contribution is 5.33. The van der Waals surface area contributed by atoms with Crippen molar-refractivity contribution in [3.05, 3.63) is 27.5 Å². The van der Waals surface area contributed by atoms with Crippen LogP contribution in [-0.2, 0) is 13.0 Å². The predicted molar refractivity (Wildman–Crippen MR) is 52.2 cm³/mol. The first kappa shape index (κ1) is 9.84. The average Bonchev–Trinajstić information content (AvgIpc) is 2.04. The zero-order chi connectivity index (χ0) is 10.0. The normalized spacial score (nSPS) is 10.4. The lowest BCUT2D eigenvalue weighted by Crippen LogP contribution is -2.20. The van der Waals surface area contributed by atoms with Crippen molar-refractivity contribution in [3.8, 4) is 5.88 Å². The summed E-state index contributed by atoms with van der Waals surface area (Å²) >= 11 is 0. The quantitative estimate of drug-likeness (QED) is 0.750. The molecule has 0 unspecified atom stereocenters. The molecule has 0 amide bonds. The molecule has 0 fully saturated rings. The van der Waals surface area contributed by atoms with Crippen molar-refractivity contribution in [1.29, 1.82) is 0 Å². The van der Waals surface area contributed by atoms with Crippen molar-refractivity contribution < 1.29 is 5.11 Å². The SMILES string of the molecule is CCc1c(C)cc(=O)n(CC)c1O. The Kier molecular flexibility index (Phi) is 2.76. The van der Waals surface area contributed by atoms with Crippen molar-refractivity contribution in [2.45, 2.75) is 33.7 Å². The number of aromatic hydroxyl groups is 1. The molecule has 0 atom stereocenters. The van der Waals surface area contributed by atoms with Crippen LogP contribution in [0.3, 0.4) is 0 Å². The molecule has 13 heavy (non-hydrogen) atoms. The van der Waals surface area contributed by atoms with Crippen LogP contribution >= 0.6 is 0 Å². The third-order valence-corrected chi connectivity index (χ3v) is 2.28. The largest absolute Gasteiger partial charge is 0.494 e. The van der Waals surface area contributed by atoms with E-state index in [9.17, 15) is 9.90 Å². The second-order valence-corrected chi connectivity index (χ2v) is 3.07. The van der Waals surface area contributed by atoms with Gasteiger partial charge in [-0.05, 0) is 25.8 Å². The van der Waals surface area contributed by atoms with Gasteiger partial charge in [-0.1, -0.05) is 6.92 Å². The Morgan fingerprint density at radius 2 is 2.08 bits per heavy atom. The molecule has 0 aliphatic carbocycles. The Labute approximate surface area is 77.6 Å². The molecule has 0 spiro atoms. The molecule has 1 N–H and O–H groups in total. The van der Waals surface area contributed by atoms with E-state index in [1.54, 1.807) is 6.07 Å². The molecule has 0 aromatic carbocycles. The Balaban J connectivity index is 3.48. The van der Waals surface area contributed by atoms with E-state index in [4.69, 9.17) is 0 Å². The van der Waals surface area contributed by atoms with Crippen molar-refractivity contribution in [2.24, 2.45) is 0 Å². The van der Waals surface area contributed by atoms with Gasteiger partial charge in [0.25, 0.3) is 5.56 Å². The van der Waals surface area contributed by atoms with Crippen LogP contribution in [-0.4, -0.2) is 9.67 Å². The van der Waals surface area contributed by atoms with Gasteiger partial charge in [0.15, 0.2) is 5.88 Å². The van der Waals surface area contributed by atoms with Gasteiger partial charge in [0.1, 0.15) is 0 Å². The molecular weight excluding hydrogens is 166 g/mol. The van der Waals surface area contributed by atoms with Gasteiger partial charge < -0.3 is 5.11 Å². The van der Waals surface area contributed by atoms with Crippen LogP contribution in [0.15, 0.2) is 10.9 Å². The monoisotopic (exact) mass is 181 g/mol. The molecular formula is C10H15NO2. The number of nitrogens with zero attached hydrogens (tertiary/aromatic N) is 1. The van der Waals surface area contributed by atoms with E-state index in [1.165, 1.54) is 4.57 Å². The van der Waals surface area contributed by atoms with Crippen molar-refractivity contribution in [3.63, 3.8) is 0 Å². The molecule has 3 nitrogen and oxygen atoms in total. The number of hydrogen-bond acceptors (Lipinski definition) is 2. The molecule has 1 heterocycles. The predicted octanol–water partition coefficient (Wildman–Crippen LogP) is 1.44. The zero-order valence-corrected chi connectivity index (χ0v) is 8.29. The van der Waals surface area contributed by atoms with E-state index in [-0.39, 0.29) is 11.4 Å². The molecule has 0 radical (unpaired) electrons. The summed E-state index contributed by atoms with van der Waals surface area (Å²) in [7, 11) is 0. The van der Waals surface area contributed by atoms with E-state index in [0.717, 1.165) is 17.5 Å². The van der Waals surface area contributed by atoms with Gasteiger partial charge in [-0.3, -0.25) is 9.36 Å². The van der Waals surface area contributed by atoms with Gasteiger partial charge in [0, 0.05) is 18.2 Å². The third-order valence-electron chi connectivity index (χ3n) is 2.28. The van der Waals surface area contributed by atoms with Crippen LogP contribution in [0.25, 0.3) is 0 Å². The van der Waals surface area contributed by atoms with Crippen molar-refractivity contribution >= 4 is 0 Å². The summed E-state index contributed by atoms with van der Waals surface area (Å²) in [6, 6.07) is 1.57. The van der Waals surface area contributed by atoms with E-state index in [2.05, 4.69) is 0 Å². The van der Waals surface area contributed by atoms with Crippen LogP contribution in [0, 0.1) is 6.92 Å². The van der Waals surface area contributed by atoms with Crippen LogP contribution in [0.4, 0.5) is 0 Å². The summed E-state index contributed by atoms with van der Waals surface area (Å²) in [5.74, 6) is 0.120. The standard InChI is InChI=1S/C10H15NO2/c1-4-8-7(3)6-9(12)11(5-2)10(8)13/h6,13H,4-5H2,1-3H3. The second kappa shape index (κ2) is 3.64. The van der Waals surface area contributed by atoms with E-state index in [1.807, 2.05) is 20.8 Å². The maximum absolute atomic E-state index is 11.4. The van der Waals surface area contributed by atoms with Crippen molar-refractivity contribution in [1.82, 2.24) is 4.57 Å². The Morgan fingerprint density at radius 3 is 2.54 bits per heavy atom. The molecule has 1 aromatic heterocycles. The fourth-order valence-electron chi connectivity index (χ4n) is 1.54.